The maximum Gasteiger partial charge on any atom is 0.270 e. The Kier molecular flexibility index (Phi) is 4.05. The van der Waals surface area contributed by atoms with Gasteiger partial charge >= 0.3 is 0 Å². The number of nitrogens with zero attached hydrogens (tertiary/aromatic N) is 3. The molecule has 0 aliphatic carbocycles. The zero-order valence-electron chi connectivity index (χ0n) is 14.6. The highest BCUT2D eigenvalue weighted by Crippen LogP contribution is 2.19. The molecule has 1 saturated heterocycles. The molecule has 0 spiro atoms. The zero-order valence-corrected chi connectivity index (χ0v) is 14.6. The molecule has 1 fully saturated rings. The van der Waals surface area contributed by atoms with Gasteiger partial charge in [-0.3, -0.25) is 9.69 Å². The van der Waals surface area contributed by atoms with Crippen molar-refractivity contribution in [1.29, 1.82) is 0 Å². The zero-order chi connectivity index (χ0) is 17.4. The minimum Gasteiger partial charge on any atom is -0.360 e. The number of aromatic amines is 1. The Hall–Kier alpha value is -2.60. The van der Waals surface area contributed by atoms with Crippen LogP contribution in [0.1, 0.15) is 27.5 Å². The highest BCUT2D eigenvalue weighted by molar-refractivity contribution is 5.98. The second-order valence-corrected chi connectivity index (χ2v) is 6.78. The number of carbonyl (C=O) groups is 1. The van der Waals surface area contributed by atoms with E-state index < -0.39 is 0 Å². The smallest absolute Gasteiger partial charge is 0.270 e. The molecular formula is C19H22N4O2. The molecule has 2 aromatic heterocycles. The molecular weight excluding hydrogens is 316 g/mol. The molecule has 1 aliphatic heterocycles. The molecule has 6 nitrogen and oxygen atoms in total. The number of H-pyrrole nitrogens is 1. The molecule has 1 aliphatic rings. The maximum atomic E-state index is 12.8. The van der Waals surface area contributed by atoms with Crippen molar-refractivity contribution < 1.29 is 9.32 Å². The van der Waals surface area contributed by atoms with E-state index in [2.05, 4.69) is 40.2 Å². The molecule has 1 amide bonds. The van der Waals surface area contributed by atoms with Crippen LogP contribution in [0.2, 0.25) is 0 Å². The molecule has 0 saturated carbocycles. The second-order valence-electron chi connectivity index (χ2n) is 6.78. The van der Waals surface area contributed by atoms with E-state index in [4.69, 9.17) is 4.52 Å². The fourth-order valence-corrected chi connectivity index (χ4v) is 3.35. The number of fused-ring (bicyclic) bond motifs is 1. The predicted molar refractivity (Wildman–Crippen MR) is 95.5 cm³/mol. The van der Waals surface area contributed by atoms with Crippen molar-refractivity contribution in [3.05, 3.63) is 53.0 Å². The number of nitrogens with one attached hydrogen (secondary N) is 1. The lowest BCUT2D eigenvalue weighted by molar-refractivity contribution is 0.0612. The van der Waals surface area contributed by atoms with Gasteiger partial charge in [-0.25, -0.2) is 0 Å². The first kappa shape index (κ1) is 15.9. The minimum atomic E-state index is 0.0732. The first-order chi connectivity index (χ1) is 12.1. The van der Waals surface area contributed by atoms with Crippen molar-refractivity contribution in [2.75, 3.05) is 26.2 Å². The fraction of sp³-hybridized carbons (Fsp3) is 0.368. The first-order valence-electron chi connectivity index (χ1n) is 8.62. The molecule has 0 bridgehead atoms. The third-order valence-corrected chi connectivity index (χ3v) is 4.72. The number of hydrogen-bond donors (Lipinski definition) is 1. The molecule has 6 heteroatoms. The molecule has 1 N–H and O–H groups in total. The summed E-state index contributed by atoms with van der Waals surface area (Å²) in [5.41, 5.74) is 3.77. The lowest BCUT2D eigenvalue weighted by Crippen LogP contribution is -2.48. The van der Waals surface area contributed by atoms with Gasteiger partial charge in [0.15, 0.2) is 5.76 Å². The van der Waals surface area contributed by atoms with Gasteiger partial charge in [0.25, 0.3) is 5.91 Å². The van der Waals surface area contributed by atoms with Crippen LogP contribution in [-0.4, -0.2) is 52.0 Å². The van der Waals surface area contributed by atoms with Crippen LogP contribution in [0.25, 0.3) is 10.9 Å². The molecule has 0 atom stereocenters. The molecule has 3 aromatic rings. The van der Waals surface area contributed by atoms with Crippen LogP contribution in [0.15, 0.2) is 34.9 Å². The van der Waals surface area contributed by atoms with E-state index in [9.17, 15) is 4.79 Å². The summed E-state index contributed by atoms with van der Waals surface area (Å²) in [5, 5.41) is 5.00. The number of amides is 1. The molecule has 4 rings (SSSR count). The van der Waals surface area contributed by atoms with E-state index >= 15 is 0 Å². The van der Waals surface area contributed by atoms with Gasteiger partial charge in [0.2, 0.25) is 0 Å². The Labute approximate surface area is 146 Å². The number of aromatic nitrogens is 2. The van der Waals surface area contributed by atoms with E-state index in [1.54, 1.807) is 0 Å². The van der Waals surface area contributed by atoms with Crippen LogP contribution < -0.4 is 0 Å². The minimum absolute atomic E-state index is 0.0732. The van der Waals surface area contributed by atoms with Gasteiger partial charge in [-0.05, 0) is 31.5 Å². The van der Waals surface area contributed by atoms with Crippen LogP contribution >= 0.6 is 0 Å². The number of carbonyl (C=O) groups excluding carboxylic acids is 1. The number of piperazine rings is 1. The SMILES string of the molecule is Cc1ccc2cc(C(=O)N3CCN(Cc4cc(C)no4)CC3)[nH]c2c1. The van der Waals surface area contributed by atoms with Gasteiger partial charge in [0.05, 0.1) is 12.2 Å². The molecule has 1 aromatic carbocycles. The average Bonchev–Trinajstić information content (AvgIpc) is 3.20. The Morgan fingerprint density at radius 1 is 1.16 bits per heavy atom. The lowest BCUT2D eigenvalue weighted by Gasteiger charge is -2.33. The van der Waals surface area contributed by atoms with Crippen molar-refractivity contribution in [1.82, 2.24) is 19.9 Å². The first-order valence-corrected chi connectivity index (χ1v) is 8.62. The normalized spacial score (nSPS) is 15.8. The third-order valence-electron chi connectivity index (χ3n) is 4.72. The second kappa shape index (κ2) is 6.37. The van der Waals surface area contributed by atoms with Crippen molar-refractivity contribution >= 4 is 16.8 Å². The van der Waals surface area contributed by atoms with Crippen LogP contribution in [-0.2, 0) is 6.54 Å². The standard InChI is InChI=1S/C19H22N4O2/c1-13-3-4-15-11-18(20-17(15)9-13)19(24)23-7-5-22(6-8-23)12-16-10-14(2)21-25-16/h3-4,9-11,20H,5-8,12H2,1-2H3. The number of benzene rings is 1. The van der Waals surface area contributed by atoms with Gasteiger partial charge in [0.1, 0.15) is 5.69 Å². The summed E-state index contributed by atoms with van der Waals surface area (Å²) in [6.45, 7) is 7.84. The van der Waals surface area contributed by atoms with Gasteiger partial charge in [0, 0.05) is 43.1 Å². The third kappa shape index (κ3) is 3.30. The Morgan fingerprint density at radius 3 is 2.68 bits per heavy atom. The highest BCUT2D eigenvalue weighted by atomic mass is 16.5. The van der Waals surface area contributed by atoms with Crippen molar-refractivity contribution in [3.8, 4) is 0 Å². The largest absolute Gasteiger partial charge is 0.360 e. The molecule has 0 radical (unpaired) electrons. The van der Waals surface area contributed by atoms with Crippen LogP contribution in [0.5, 0.6) is 0 Å². The van der Waals surface area contributed by atoms with E-state index in [1.807, 2.05) is 24.0 Å². The summed E-state index contributed by atoms with van der Waals surface area (Å²) >= 11 is 0. The summed E-state index contributed by atoms with van der Waals surface area (Å²) in [6.07, 6.45) is 0. The predicted octanol–water partition coefficient (Wildman–Crippen LogP) is 2.73. The average molecular weight is 338 g/mol. The highest BCUT2D eigenvalue weighted by Gasteiger charge is 2.24. The molecule has 3 heterocycles. The van der Waals surface area contributed by atoms with Crippen molar-refractivity contribution in [3.63, 3.8) is 0 Å². The Bertz CT molecular complexity index is 903. The summed E-state index contributed by atoms with van der Waals surface area (Å²) in [7, 11) is 0. The van der Waals surface area contributed by atoms with Gasteiger partial charge in [-0.15, -0.1) is 0 Å². The van der Waals surface area contributed by atoms with Crippen molar-refractivity contribution in [2.24, 2.45) is 0 Å². The van der Waals surface area contributed by atoms with Crippen LogP contribution in [0, 0.1) is 13.8 Å². The lowest BCUT2D eigenvalue weighted by atomic mass is 10.2. The monoisotopic (exact) mass is 338 g/mol. The summed E-state index contributed by atoms with van der Waals surface area (Å²) in [6, 6.07) is 10.1. The molecule has 130 valence electrons. The van der Waals surface area contributed by atoms with E-state index in [0.717, 1.165) is 55.1 Å². The van der Waals surface area contributed by atoms with E-state index in [1.165, 1.54) is 5.56 Å². The van der Waals surface area contributed by atoms with E-state index in [-0.39, 0.29) is 5.91 Å². The number of aryl methyl sites for hydroxylation is 2. The summed E-state index contributed by atoms with van der Waals surface area (Å²) in [5.74, 6) is 0.951. The topological polar surface area (TPSA) is 65.4 Å². The van der Waals surface area contributed by atoms with E-state index in [0.29, 0.717) is 5.69 Å². The quantitative estimate of drug-likeness (QED) is 0.797. The summed E-state index contributed by atoms with van der Waals surface area (Å²) < 4.78 is 5.28. The van der Waals surface area contributed by atoms with Crippen LogP contribution in [0.4, 0.5) is 0 Å². The number of hydrogen-bond acceptors (Lipinski definition) is 4. The van der Waals surface area contributed by atoms with Crippen molar-refractivity contribution in [2.45, 2.75) is 20.4 Å². The van der Waals surface area contributed by atoms with Gasteiger partial charge < -0.3 is 14.4 Å². The Morgan fingerprint density at radius 2 is 1.96 bits per heavy atom. The number of rotatable bonds is 3. The van der Waals surface area contributed by atoms with Crippen LogP contribution in [0.3, 0.4) is 0 Å². The van der Waals surface area contributed by atoms with Gasteiger partial charge in [-0.2, -0.15) is 0 Å². The Balaban J connectivity index is 1.40. The summed E-state index contributed by atoms with van der Waals surface area (Å²) in [4.78, 5) is 20.2. The molecule has 25 heavy (non-hydrogen) atoms. The molecule has 0 unspecified atom stereocenters. The maximum absolute atomic E-state index is 12.8. The fourth-order valence-electron chi connectivity index (χ4n) is 3.35. The van der Waals surface area contributed by atoms with Gasteiger partial charge in [-0.1, -0.05) is 17.3 Å².